The Kier molecular flexibility index (Phi) is 3.98. The van der Waals surface area contributed by atoms with Gasteiger partial charge in [-0.3, -0.25) is 4.79 Å². The van der Waals surface area contributed by atoms with E-state index in [0.717, 1.165) is 5.75 Å². The summed E-state index contributed by atoms with van der Waals surface area (Å²) in [4.78, 5) is 10.9. The summed E-state index contributed by atoms with van der Waals surface area (Å²) in [5, 5.41) is 0. The third-order valence-corrected chi connectivity index (χ3v) is 1.66. The van der Waals surface area contributed by atoms with E-state index in [9.17, 15) is 4.79 Å². The third-order valence-electron chi connectivity index (χ3n) is 1.66. The molecule has 0 saturated carbocycles. The molecule has 0 aliphatic heterocycles. The zero-order valence-electron chi connectivity index (χ0n) is 8.45. The maximum Gasteiger partial charge on any atom is 0.310 e. The van der Waals surface area contributed by atoms with Crippen LogP contribution < -0.4 is 9.47 Å². The van der Waals surface area contributed by atoms with Gasteiger partial charge >= 0.3 is 5.97 Å². The Morgan fingerprint density at radius 3 is 2.21 bits per heavy atom. The molecule has 3 nitrogen and oxygen atoms in total. The molecular formula is C11H14O3. The van der Waals surface area contributed by atoms with Crippen LogP contribution in [0.1, 0.15) is 20.3 Å². The highest BCUT2D eigenvalue weighted by molar-refractivity contribution is 5.71. The van der Waals surface area contributed by atoms with Crippen molar-refractivity contribution in [3.05, 3.63) is 24.3 Å². The van der Waals surface area contributed by atoms with E-state index in [2.05, 4.69) is 0 Å². The Bertz CT molecular complexity index is 290. The lowest BCUT2D eigenvalue weighted by molar-refractivity contribution is -0.134. The molecule has 0 saturated heterocycles. The smallest absolute Gasteiger partial charge is 0.310 e. The van der Waals surface area contributed by atoms with E-state index in [1.165, 1.54) is 0 Å². The summed E-state index contributed by atoms with van der Waals surface area (Å²) in [6.45, 7) is 4.32. The lowest BCUT2D eigenvalue weighted by atomic mass is 10.3. The van der Waals surface area contributed by atoms with Gasteiger partial charge in [0, 0.05) is 6.42 Å². The van der Waals surface area contributed by atoms with Gasteiger partial charge in [-0.1, -0.05) is 6.92 Å². The number of rotatable bonds is 4. The Balaban J connectivity index is 2.59. The van der Waals surface area contributed by atoms with Gasteiger partial charge in [0.1, 0.15) is 11.5 Å². The van der Waals surface area contributed by atoms with Crippen molar-refractivity contribution in [3.63, 3.8) is 0 Å². The quantitative estimate of drug-likeness (QED) is 0.545. The van der Waals surface area contributed by atoms with E-state index in [-0.39, 0.29) is 5.97 Å². The average molecular weight is 194 g/mol. The number of hydrogen-bond donors (Lipinski definition) is 0. The van der Waals surface area contributed by atoms with E-state index in [1.807, 2.05) is 6.92 Å². The zero-order chi connectivity index (χ0) is 10.4. The second kappa shape index (κ2) is 5.27. The van der Waals surface area contributed by atoms with Crippen LogP contribution in [0.3, 0.4) is 0 Å². The van der Waals surface area contributed by atoms with E-state index >= 15 is 0 Å². The minimum absolute atomic E-state index is 0.228. The molecule has 1 aromatic carbocycles. The number of benzene rings is 1. The maximum absolute atomic E-state index is 10.9. The summed E-state index contributed by atoms with van der Waals surface area (Å²) in [6, 6.07) is 7.00. The van der Waals surface area contributed by atoms with Crippen LogP contribution >= 0.6 is 0 Å². The van der Waals surface area contributed by atoms with E-state index < -0.39 is 0 Å². The molecule has 14 heavy (non-hydrogen) atoms. The van der Waals surface area contributed by atoms with Crippen molar-refractivity contribution < 1.29 is 14.3 Å². The second-order valence-corrected chi connectivity index (χ2v) is 2.73. The van der Waals surface area contributed by atoms with Gasteiger partial charge in [-0.05, 0) is 31.2 Å². The molecule has 0 bridgehead atoms. The SMILES string of the molecule is CCOc1ccc(OC(=O)CC)cc1. The molecule has 0 heterocycles. The van der Waals surface area contributed by atoms with Gasteiger partial charge in [0.05, 0.1) is 6.61 Å². The van der Waals surface area contributed by atoms with Crippen LogP contribution in [0.15, 0.2) is 24.3 Å². The van der Waals surface area contributed by atoms with Crippen LogP contribution in [0.2, 0.25) is 0 Å². The van der Waals surface area contributed by atoms with Gasteiger partial charge in [-0.2, -0.15) is 0 Å². The summed E-state index contributed by atoms with van der Waals surface area (Å²) >= 11 is 0. The second-order valence-electron chi connectivity index (χ2n) is 2.73. The first-order valence-corrected chi connectivity index (χ1v) is 4.69. The molecule has 0 amide bonds. The zero-order valence-corrected chi connectivity index (χ0v) is 8.45. The van der Waals surface area contributed by atoms with Crippen LogP contribution in [0.4, 0.5) is 0 Å². The van der Waals surface area contributed by atoms with Crippen molar-refractivity contribution in [2.45, 2.75) is 20.3 Å². The molecule has 0 fully saturated rings. The van der Waals surface area contributed by atoms with Crippen LogP contribution in [0.25, 0.3) is 0 Å². The highest BCUT2D eigenvalue weighted by Crippen LogP contribution is 2.17. The lowest BCUT2D eigenvalue weighted by Crippen LogP contribution is -2.05. The summed E-state index contributed by atoms with van der Waals surface area (Å²) in [6.07, 6.45) is 0.382. The molecule has 1 aromatic rings. The fourth-order valence-electron chi connectivity index (χ4n) is 0.974. The Morgan fingerprint density at radius 2 is 1.71 bits per heavy atom. The van der Waals surface area contributed by atoms with E-state index in [4.69, 9.17) is 9.47 Å². The minimum Gasteiger partial charge on any atom is -0.494 e. The van der Waals surface area contributed by atoms with Crippen molar-refractivity contribution in [3.8, 4) is 11.5 Å². The molecule has 3 heteroatoms. The van der Waals surface area contributed by atoms with Gasteiger partial charge in [0.15, 0.2) is 0 Å². The summed E-state index contributed by atoms with van der Waals surface area (Å²) in [7, 11) is 0. The summed E-state index contributed by atoms with van der Waals surface area (Å²) < 4.78 is 10.3. The van der Waals surface area contributed by atoms with Crippen molar-refractivity contribution in [2.24, 2.45) is 0 Å². The van der Waals surface area contributed by atoms with Gasteiger partial charge < -0.3 is 9.47 Å². The molecule has 0 radical (unpaired) electrons. The predicted octanol–water partition coefficient (Wildman–Crippen LogP) is 2.40. The number of carbonyl (C=O) groups is 1. The van der Waals surface area contributed by atoms with Crippen molar-refractivity contribution >= 4 is 5.97 Å². The minimum atomic E-state index is -0.228. The highest BCUT2D eigenvalue weighted by Gasteiger charge is 2.00. The largest absolute Gasteiger partial charge is 0.494 e. The first kappa shape index (κ1) is 10.6. The highest BCUT2D eigenvalue weighted by atomic mass is 16.5. The Labute approximate surface area is 83.6 Å². The van der Waals surface area contributed by atoms with Crippen molar-refractivity contribution in [1.82, 2.24) is 0 Å². The lowest BCUT2D eigenvalue weighted by Gasteiger charge is -2.04. The van der Waals surface area contributed by atoms with Crippen molar-refractivity contribution in [1.29, 1.82) is 0 Å². The molecule has 0 unspecified atom stereocenters. The third kappa shape index (κ3) is 3.09. The molecule has 0 spiro atoms. The molecule has 76 valence electrons. The van der Waals surface area contributed by atoms with Gasteiger partial charge in [-0.25, -0.2) is 0 Å². The van der Waals surface area contributed by atoms with E-state index in [1.54, 1.807) is 31.2 Å². The molecule has 0 aromatic heterocycles. The average Bonchev–Trinajstić information content (AvgIpc) is 2.21. The first-order valence-electron chi connectivity index (χ1n) is 4.69. The fraction of sp³-hybridized carbons (Fsp3) is 0.364. The molecule has 0 aliphatic carbocycles. The fourth-order valence-corrected chi connectivity index (χ4v) is 0.974. The molecule has 0 atom stereocenters. The van der Waals surface area contributed by atoms with Gasteiger partial charge in [0.2, 0.25) is 0 Å². The summed E-state index contributed by atoms with van der Waals surface area (Å²) in [5.41, 5.74) is 0. The van der Waals surface area contributed by atoms with Crippen molar-refractivity contribution in [2.75, 3.05) is 6.61 Å². The number of carbonyl (C=O) groups excluding carboxylic acids is 1. The van der Waals surface area contributed by atoms with E-state index in [0.29, 0.717) is 18.8 Å². The number of ether oxygens (including phenoxy) is 2. The Hall–Kier alpha value is -1.51. The predicted molar refractivity (Wildman–Crippen MR) is 53.5 cm³/mol. The number of hydrogen-bond acceptors (Lipinski definition) is 3. The maximum atomic E-state index is 10.9. The molecular weight excluding hydrogens is 180 g/mol. The monoisotopic (exact) mass is 194 g/mol. The van der Waals surface area contributed by atoms with Crippen LogP contribution in [0, 0.1) is 0 Å². The summed E-state index contributed by atoms with van der Waals surface area (Å²) in [5.74, 6) is 1.11. The standard InChI is InChI=1S/C11H14O3/c1-3-11(12)14-10-7-5-9(6-8-10)13-4-2/h5-8H,3-4H2,1-2H3. The Morgan fingerprint density at radius 1 is 1.14 bits per heavy atom. The van der Waals surface area contributed by atoms with Crippen LogP contribution in [-0.4, -0.2) is 12.6 Å². The van der Waals surface area contributed by atoms with Crippen LogP contribution in [-0.2, 0) is 4.79 Å². The number of esters is 1. The van der Waals surface area contributed by atoms with Gasteiger partial charge in [0.25, 0.3) is 0 Å². The first-order chi connectivity index (χ1) is 6.76. The molecule has 0 aliphatic rings. The molecule has 1 rings (SSSR count). The van der Waals surface area contributed by atoms with Crippen LogP contribution in [0.5, 0.6) is 11.5 Å². The van der Waals surface area contributed by atoms with Gasteiger partial charge in [-0.15, -0.1) is 0 Å². The normalized spacial score (nSPS) is 9.57. The topological polar surface area (TPSA) is 35.5 Å². The molecule has 0 N–H and O–H groups in total.